The third kappa shape index (κ3) is 4.97. The minimum absolute atomic E-state index is 0.0771. The molecule has 0 radical (unpaired) electrons. The number of aromatic nitrogens is 1. The van der Waals surface area contributed by atoms with E-state index < -0.39 is 17.8 Å². The Bertz CT molecular complexity index is 1190. The van der Waals surface area contributed by atoms with Crippen molar-refractivity contribution in [1.29, 1.82) is 0 Å². The molecule has 33 heavy (non-hydrogen) atoms. The molecule has 0 bridgehead atoms. The molecule has 1 aliphatic rings. The number of anilines is 3. The first kappa shape index (κ1) is 22.3. The van der Waals surface area contributed by atoms with Crippen molar-refractivity contribution in [1.82, 2.24) is 4.98 Å². The molecule has 170 valence electrons. The quantitative estimate of drug-likeness (QED) is 0.489. The number of hydrogen-bond acceptors (Lipinski definition) is 4. The molecule has 0 unspecified atom stereocenters. The zero-order valence-electron chi connectivity index (χ0n) is 17.7. The smallest absolute Gasteiger partial charge is 0.382 e. The minimum atomic E-state index is -4.47. The number of amides is 2. The average molecular weight is 454 g/mol. The molecule has 0 atom stereocenters. The maximum absolute atomic E-state index is 13.1. The van der Waals surface area contributed by atoms with Crippen LogP contribution in [0.3, 0.4) is 0 Å². The molecular formula is C24H21F3N4O2. The lowest BCUT2D eigenvalue weighted by molar-refractivity contribution is -0.137. The van der Waals surface area contributed by atoms with Crippen LogP contribution in [0.25, 0.3) is 11.3 Å². The molecule has 6 nitrogen and oxygen atoms in total. The maximum Gasteiger partial charge on any atom is 0.416 e. The van der Waals surface area contributed by atoms with E-state index in [4.69, 9.17) is 0 Å². The van der Waals surface area contributed by atoms with E-state index in [-0.39, 0.29) is 5.78 Å². The highest BCUT2D eigenvalue weighted by atomic mass is 19.4. The number of pyridine rings is 1. The summed E-state index contributed by atoms with van der Waals surface area (Å²) in [6.45, 7) is 2.45. The summed E-state index contributed by atoms with van der Waals surface area (Å²) in [7, 11) is 0. The molecule has 3 aromatic rings. The third-order valence-corrected chi connectivity index (χ3v) is 5.28. The Morgan fingerprint density at radius 3 is 2.52 bits per heavy atom. The molecule has 4 rings (SSSR count). The van der Waals surface area contributed by atoms with Crippen LogP contribution in [-0.2, 0) is 6.18 Å². The minimum Gasteiger partial charge on any atom is -0.382 e. The van der Waals surface area contributed by atoms with E-state index >= 15 is 0 Å². The summed E-state index contributed by atoms with van der Waals surface area (Å²) in [5, 5.41) is 6.00. The first-order valence-corrected chi connectivity index (χ1v) is 10.3. The number of nitrogens with one attached hydrogen (secondary N) is 2. The normalized spacial score (nSPS) is 13.5. The molecule has 0 saturated heterocycles. The van der Waals surface area contributed by atoms with Gasteiger partial charge in [-0.2, -0.15) is 13.2 Å². The number of alkyl halides is 3. The number of carbonyl (C=O) groups excluding carboxylic acids is 2. The van der Waals surface area contributed by atoms with Gasteiger partial charge in [0.15, 0.2) is 11.6 Å². The van der Waals surface area contributed by atoms with Crippen LogP contribution in [0.1, 0.15) is 29.3 Å². The average Bonchev–Trinajstić information content (AvgIpc) is 3.01. The Kier molecular flexibility index (Phi) is 6.04. The summed E-state index contributed by atoms with van der Waals surface area (Å²) < 4.78 is 39.4. The second kappa shape index (κ2) is 8.93. The largest absolute Gasteiger partial charge is 0.416 e. The predicted molar refractivity (Wildman–Crippen MR) is 121 cm³/mol. The van der Waals surface area contributed by atoms with E-state index in [2.05, 4.69) is 15.6 Å². The lowest BCUT2D eigenvalue weighted by Crippen LogP contribution is -2.36. The van der Waals surface area contributed by atoms with Crippen molar-refractivity contribution in [2.75, 3.05) is 28.6 Å². The van der Waals surface area contributed by atoms with Crippen molar-refractivity contribution in [2.45, 2.75) is 19.5 Å². The van der Waals surface area contributed by atoms with E-state index in [9.17, 15) is 22.8 Å². The van der Waals surface area contributed by atoms with E-state index in [0.717, 1.165) is 12.1 Å². The molecule has 9 heteroatoms. The van der Waals surface area contributed by atoms with Gasteiger partial charge in [-0.1, -0.05) is 12.1 Å². The molecule has 1 aromatic heterocycles. The van der Waals surface area contributed by atoms with Crippen molar-refractivity contribution >= 4 is 29.0 Å². The summed E-state index contributed by atoms with van der Waals surface area (Å²) in [5.74, 6) is 0.256. The van der Waals surface area contributed by atoms with Crippen LogP contribution in [0.15, 0.2) is 60.7 Å². The first-order chi connectivity index (χ1) is 15.7. The van der Waals surface area contributed by atoms with Crippen molar-refractivity contribution in [3.05, 3.63) is 71.8 Å². The molecule has 1 aliphatic heterocycles. The van der Waals surface area contributed by atoms with Gasteiger partial charge in [0.05, 0.1) is 16.9 Å². The lowest BCUT2D eigenvalue weighted by atomic mass is 10.1. The highest BCUT2D eigenvalue weighted by Gasteiger charge is 2.31. The van der Waals surface area contributed by atoms with Crippen LogP contribution in [0, 0.1) is 0 Å². The van der Waals surface area contributed by atoms with Gasteiger partial charge in [0.2, 0.25) is 0 Å². The number of benzene rings is 2. The molecule has 0 saturated carbocycles. The van der Waals surface area contributed by atoms with Crippen LogP contribution in [-0.4, -0.2) is 29.9 Å². The standard InChI is InChI=1S/C24H21F3N4O2/c1-15(32)16-6-8-19(9-7-16)29-23(33)31-13-3-12-28-21-11-10-20(30-22(21)31)17-4-2-5-18(14-17)24(25,26)27/h2,4-11,14,28H,3,12-13H2,1H3,(H,29,33). The zero-order chi connectivity index (χ0) is 23.6. The summed E-state index contributed by atoms with van der Waals surface area (Å²) in [5.41, 5.74) is 1.52. The second-order valence-corrected chi connectivity index (χ2v) is 7.64. The monoisotopic (exact) mass is 454 g/mol. The zero-order valence-corrected chi connectivity index (χ0v) is 17.7. The number of carbonyl (C=O) groups is 2. The summed E-state index contributed by atoms with van der Waals surface area (Å²) in [4.78, 5) is 30.5. The number of fused-ring (bicyclic) bond motifs is 1. The van der Waals surface area contributed by atoms with E-state index in [1.165, 1.54) is 17.9 Å². The highest BCUT2D eigenvalue weighted by molar-refractivity contribution is 6.03. The third-order valence-electron chi connectivity index (χ3n) is 5.28. The summed E-state index contributed by atoms with van der Waals surface area (Å²) in [6, 6.07) is 14.4. The molecule has 0 aliphatic carbocycles. The van der Waals surface area contributed by atoms with Gasteiger partial charge in [-0.3, -0.25) is 9.69 Å². The fraction of sp³-hybridized carbons (Fsp3) is 0.208. The van der Waals surface area contributed by atoms with Crippen LogP contribution in [0.5, 0.6) is 0 Å². The molecule has 0 fully saturated rings. The number of ketones is 1. The van der Waals surface area contributed by atoms with Crippen molar-refractivity contribution in [3.63, 3.8) is 0 Å². The number of urea groups is 1. The Labute approximate surface area is 188 Å². The van der Waals surface area contributed by atoms with E-state index in [0.29, 0.717) is 53.5 Å². The molecular weight excluding hydrogens is 433 g/mol. The number of nitrogens with zero attached hydrogens (tertiary/aromatic N) is 2. The molecule has 2 N–H and O–H groups in total. The predicted octanol–water partition coefficient (Wildman–Crippen LogP) is 5.82. The Hall–Kier alpha value is -3.88. The van der Waals surface area contributed by atoms with Gasteiger partial charge >= 0.3 is 12.2 Å². The van der Waals surface area contributed by atoms with Crippen LogP contribution in [0.4, 0.5) is 35.2 Å². The van der Waals surface area contributed by atoms with Crippen LogP contribution in [0.2, 0.25) is 0 Å². The number of halogens is 3. The summed E-state index contributed by atoms with van der Waals surface area (Å²) in [6.07, 6.45) is -3.81. The van der Waals surface area contributed by atoms with E-state index in [1.54, 1.807) is 42.5 Å². The van der Waals surface area contributed by atoms with Gasteiger partial charge in [-0.05, 0) is 61.9 Å². The van der Waals surface area contributed by atoms with Gasteiger partial charge in [0.25, 0.3) is 0 Å². The van der Waals surface area contributed by atoms with Gasteiger partial charge in [0, 0.05) is 29.9 Å². The highest BCUT2D eigenvalue weighted by Crippen LogP contribution is 2.34. The number of hydrogen-bond donors (Lipinski definition) is 2. The van der Waals surface area contributed by atoms with Crippen molar-refractivity contribution < 1.29 is 22.8 Å². The van der Waals surface area contributed by atoms with Gasteiger partial charge < -0.3 is 10.6 Å². The Morgan fingerprint density at radius 2 is 1.82 bits per heavy atom. The van der Waals surface area contributed by atoms with Gasteiger partial charge in [-0.25, -0.2) is 9.78 Å². The first-order valence-electron chi connectivity index (χ1n) is 10.3. The topological polar surface area (TPSA) is 74.3 Å². The van der Waals surface area contributed by atoms with Gasteiger partial charge in [-0.15, -0.1) is 0 Å². The van der Waals surface area contributed by atoms with E-state index in [1.807, 2.05) is 0 Å². The van der Waals surface area contributed by atoms with Crippen molar-refractivity contribution in [2.24, 2.45) is 0 Å². The fourth-order valence-electron chi connectivity index (χ4n) is 3.55. The molecule has 0 spiro atoms. The SMILES string of the molecule is CC(=O)c1ccc(NC(=O)N2CCCNc3ccc(-c4cccc(C(F)(F)F)c4)nc32)cc1. The Balaban J connectivity index is 1.64. The van der Waals surface area contributed by atoms with Crippen LogP contribution < -0.4 is 15.5 Å². The fourth-order valence-corrected chi connectivity index (χ4v) is 3.55. The maximum atomic E-state index is 13.1. The molecule has 2 amide bonds. The Morgan fingerprint density at radius 1 is 1.06 bits per heavy atom. The van der Waals surface area contributed by atoms with Gasteiger partial charge in [0.1, 0.15) is 0 Å². The lowest BCUT2D eigenvalue weighted by Gasteiger charge is -2.22. The summed E-state index contributed by atoms with van der Waals surface area (Å²) >= 11 is 0. The second-order valence-electron chi connectivity index (χ2n) is 7.64. The molecule has 2 aromatic carbocycles. The number of rotatable bonds is 3. The number of Topliss-reactive ketones (excluding diaryl/α,β-unsaturated/α-hetero) is 1. The van der Waals surface area contributed by atoms with Crippen LogP contribution >= 0.6 is 0 Å². The van der Waals surface area contributed by atoms with Crippen molar-refractivity contribution in [3.8, 4) is 11.3 Å². The molecule has 2 heterocycles.